The standard InChI is InChI=1S/C41H41Cl2N3O8/c1-40(2,3)45-36(48)26-14-13-25-27(34(26)38(45)50)20-29-37(49)46(44-31-16-10-23(42)19-30(31)43)39(51)41(29,22-8-11-24(52-4)12-9-22)28(25)15-7-21-17-32(53-5)35(47)33(18-21)54-6/h7-13,15-19,26-29,34,44,47H,14,20H2,1-6H3/t26-,27+,28-,29-,34-,41-/m0/s1. The van der Waals surface area contributed by atoms with E-state index in [2.05, 4.69) is 5.43 Å². The number of allylic oxidation sites excluding steroid dienone is 3. The van der Waals surface area contributed by atoms with Gasteiger partial charge in [0.1, 0.15) is 5.75 Å². The number of nitrogens with zero attached hydrogens (tertiary/aromatic N) is 2. The Kier molecular flexibility index (Phi) is 9.46. The third-order valence-corrected chi connectivity index (χ3v) is 11.8. The molecule has 54 heavy (non-hydrogen) atoms. The number of imide groups is 2. The van der Waals surface area contributed by atoms with E-state index in [4.69, 9.17) is 37.4 Å². The van der Waals surface area contributed by atoms with Crippen LogP contribution >= 0.6 is 23.2 Å². The van der Waals surface area contributed by atoms with Crippen LogP contribution in [0, 0.1) is 29.6 Å². The number of likely N-dealkylation sites (tertiary alicyclic amines) is 1. The summed E-state index contributed by atoms with van der Waals surface area (Å²) in [7, 11) is 4.40. The van der Waals surface area contributed by atoms with Crippen LogP contribution < -0.4 is 19.6 Å². The average molecular weight is 775 g/mol. The van der Waals surface area contributed by atoms with Gasteiger partial charge in [0.15, 0.2) is 11.5 Å². The van der Waals surface area contributed by atoms with Gasteiger partial charge in [0.25, 0.3) is 11.8 Å². The normalized spacial score (nSPS) is 26.4. The minimum Gasteiger partial charge on any atom is -0.502 e. The number of phenols is 1. The molecule has 1 saturated carbocycles. The number of anilines is 1. The number of hydrazine groups is 1. The second-order valence-corrected chi connectivity index (χ2v) is 15.9. The van der Waals surface area contributed by atoms with Crippen LogP contribution in [0.4, 0.5) is 5.69 Å². The molecule has 282 valence electrons. The summed E-state index contributed by atoms with van der Waals surface area (Å²) in [5.74, 6) is -4.37. The smallest absolute Gasteiger partial charge is 0.260 e. The van der Waals surface area contributed by atoms with E-state index in [0.29, 0.717) is 34.0 Å². The van der Waals surface area contributed by atoms with Gasteiger partial charge in [-0.2, -0.15) is 5.01 Å². The molecule has 4 amide bonds. The van der Waals surface area contributed by atoms with Crippen LogP contribution in [0.1, 0.15) is 44.7 Å². The number of nitrogens with one attached hydrogen (secondary N) is 1. The number of ether oxygens (including phenoxy) is 3. The lowest BCUT2D eigenvalue weighted by Crippen LogP contribution is -2.54. The zero-order valence-corrected chi connectivity index (χ0v) is 32.2. The Labute approximate surface area is 323 Å². The van der Waals surface area contributed by atoms with Gasteiger partial charge in [-0.3, -0.25) is 29.5 Å². The molecular weight excluding hydrogens is 733 g/mol. The molecule has 2 saturated heterocycles. The second-order valence-electron chi connectivity index (χ2n) is 15.1. The van der Waals surface area contributed by atoms with Gasteiger partial charge in [0.2, 0.25) is 17.6 Å². The lowest BCUT2D eigenvalue weighted by atomic mass is 9.50. The summed E-state index contributed by atoms with van der Waals surface area (Å²) in [6.45, 7) is 5.50. The van der Waals surface area contributed by atoms with Crippen LogP contribution in [-0.4, -0.2) is 65.5 Å². The first-order chi connectivity index (χ1) is 25.7. The summed E-state index contributed by atoms with van der Waals surface area (Å²) in [4.78, 5) is 59.8. The Morgan fingerprint density at radius 1 is 0.870 bits per heavy atom. The molecule has 2 aliphatic carbocycles. The quantitative estimate of drug-likeness (QED) is 0.182. The van der Waals surface area contributed by atoms with Gasteiger partial charge in [-0.25, -0.2) is 0 Å². The lowest BCUT2D eigenvalue weighted by molar-refractivity contribution is -0.146. The predicted molar refractivity (Wildman–Crippen MR) is 203 cm³/mol. The highest BCUT2D eigenvalue weighted by Gasteiger charge is 2.70. The van der Waals surface area contributed by atoms with Crippen LogP contribution in [0.3, 0.4) is 0 Å². The van der Waals surface area contributed by atoms with Crippen LogP contribution in [-0.2, 0) is 24.6 Å². The van der Waals surface area contributed by atoms with Gasteiger partial charge in [0.05, 0.1) is 55.2 Å². The lowest BCUT2D eigenvalue weighted by Gasteiger charge is -2.49. The first-order valence-corrected chi connectivity index (χ1v) is 18.4. The zero-order valence-electron chi connectivity index (χ0n) is 30.7. The van der Waals surface area contributed by atoms with Crippen molar-refractivity contribution in [3.63, 3.8) is 0 Å². The maximum Gasteiger partial charge on any atom is 0.260 e. The first kappa shape index (κ1) is 37.3. The summed E-state index contributed by atoms with van der Waals surface area (Å²) >= 11 is 12.7. The molecule has 2 heterocycles. The number of benzene rings is 3. The Hall–Kier alpha value is -5.00. The summed E-state index contributed by atoms with van der Waals surface area (Å²) < 4.78 is 16.3. The Balaban J connectivity index is 1.45. The first-order valence-electron chi connectivity index (χ1n) is 17.6. The van der Waals surface area contributed by atoms with Crippen LogP contribution in [0.5, 0.6) is 23.0 Å². The van der Waals surface area contributed by atoms with Crippen LogP contribution in [0.15, 0.2) is 72.3 Å². The molecule has 2 N–H and O–H groups in total. The van der Waals surface area contributed by atoms with E-state index in [9.17, 15) is 19.5 Å². The molecule has 0 unspecified atom stereocenters. The van der Waals surface area contributed by atoms with Crippen molar-refractivity contribution in [1.82, 2.24) is 9.91 Å². The number of fused-ring (bicyclic) bond motifs is 4. The van der Waals surface area contributed by atoms with E-state index >= 15 is 4.79 Å². The number of carbonyl (C=O) groups excluding carboxylic acids is 4. The van der Waals surface area contributed by atoms with Crippen molar-refractivity contribution < 1.29 is 38.5 Å². The number of rotatable bonds is 8. The zero-order chi connectivity index (χ0) is 38.9. The summed E-state index contributed by atoms with van der Waals surface area (Å²) in [5, 5.41) is 12.2. The van der Waals surface area contributed by atoms with E-state index in [1.54, 1.807) is 61.7 Å². The number of hydrogen-bond donors (Lipinski definition) is 2. The Bertz CT molecular complexity index is 2100. The van der Waals surface area contributed by atoms with E-state index in [0.717, 1.165) is 10.6 Å². The summed E-state index contributed by atoms with van der Waals surface area (Å²) in [6.07, 6.45) is 6.08. The van der Waals surface area contributed by atoms with Gasteiger partial charge >= 0.3 is 0 Å². The highest BCUT2D eigenvalue weighted by molar-refractivity contribution is 6.36. The van der Waals surface area contributed by atoms with E-state index < -0.39 is 52.4 Å². The number of hydrogen-bond acceptors (Lipinski definition) is 9. The number of amides is 4. The highest BCUT2D eigenvalue weighted by atomic mass is 35.5. The fourth-order valence-corrected chi connectivity index (χ4v) is 9.42. The highest BCUT2D eigenvalue weighted by Crippen LogP contribution is 2.62. The molecule has 3 fully saturated rings. The van der Waals surface area contributed by atoms with Crippen molar-refractivity contribution in [1.29, 1.82) is 0 Å². The van der Waals surface area contributed by atoms with Crippen molar-refractivity contribution in [2.45, 2.75) is 44.6 Å². The van der Waals surface area contributed by atoms with Gasteiger partial charge in [-0.1, -0.05) is 59.1 Å². The predicted octanol–water partition coefficient (Wildman–Crippen LogP) is 7.05. The van der Waals surface area contributed by atoms with Crippen molar-refractivity contribution in [3.8, 4) is 23.0 Å². The minimum atomic E-state index is -1.51. The summed E-state index contributed by atoms with van der Waals surface area (Å²) in [5.41, 5.74) is 2.99. The van der Waals surface area contributed by atoms with Crippen molar-refractivity contribution in [2.24, 2.45) is 29.6 Å². The molecule has 3 aromatic rings. The number of aromatic hydroxyl groups is 1. The number of halogens is 2. The summed E-state index contributed by atoms with van der Waals surface area (Å²) in [6, 6.07) is 15.1. The van der Waals surface area contributed by atoms with E-state index in [-0.39, 0.29) is 40.5 Å². The third-order valence-electron chi connectivity index (χ3n) is 11.3. The van der Waals surface area contributed by atoms with Gasteiger partial charge in [-0.05, 0) is 93.1 Å². The monoisotopic (exact) mass is 773 g/mol. The maximum atomic E-state index is 15.4. The van der Waals surface area contributed by atoms with E-state index in [1.807, 2.05) is 32.9 Å². The van der Waals surface area contributed by atoms with Gasteiger partial charge in [0, 0.05) is 16.5 Å². The van der Waals surface area contributed by atoms with Crippen molar-refractivity contribution >= 4 is 58.6 Å². The van der Waals surface area contributed by atoms with Crippen molar-refractivity contribution in [3.05, 3.63) is 93.5 Å². The number of phenolic OH excluding ortho intramolecular Hbond substituents is 1. The van der Waals surface area contributed by atoms with Gasteiger partial charge < -0.3 is 19.3 Å². The van der Waals surface area contributed by atoms with E-state index in [1.165, 1.54) is 25.2 Å². The van der Waals surface area contributed by atoms with Crippen LogP contribution in [0.2, 0.25) is 10.0 Å². The molecule has 0 aromatic heterocycles. The number of methoxy groups -OCH3 is 3. The Morgan fingerprint density at radius 2 is 1.54 bits per heavy atom. The molecule has 6 atom stereocenters. The molecule has 13 heteroatoms. The molecular formula is C41H41Cl2N3O8. The molecule has 0 radical (unpaired) electrons. The Morgan fingerprint density at radius 3 is 2.13 bits per heavy atom. The fraction of sp³-hybridized carbons (Fsp3) is 0.366. The number of carbonyl (C=O) groups is 4. The largest absolute Gasteiger partial charge is 0.502 e. The molecule has 2 aliphatic heterocycles. The van der Waals surface area contributed by atoms with Gasteiger partial charge in [-0.15, -0.1) is 0 Å². The third kappa shape index (κ3) is 5.71. The van der Waals surface area contributed by atoms with Crippen LogP contribution in [0.25, 0.3) is 6.08 Å². The maximum absolute atomic E-state index is 15.4. The van der Waals surface area contributed by atoms with Crippen molar-refractivity contribution in [2.75, 3.05) is 26.8 Å². The fourth-order valence-electron chi connectivity index (χ4n) is 8.97. The molecule has 11 nitrogen and oxygen atoms in total. The molecule has 3 aromatic carbocycles. The molecule has 0 bridgehead atoms. The second kappa shape index (κ2) is 13.7. The topological polar surface area (TPSA) is 135 Å². The molecule has 7 rings (SSSR count). The minimum absolute atomic E-state index is 0.137. The average Bonchev–Trinajstić information content (AvgIpc) is 3.53. The SMILES string of the molecule is COc1ccc([C@@]23C(=O)N(Nc4ccc(Cl)cc4Cl)C(=O)[C@@H]2C[C@@H]2C(=CC[C@@H]4C(=O)N(C(C)(C)C)C(=O)[C@@H]42)[C@@H]3C=Cc2cc(OC)c(O)c(OC)c2)cc1. The molecule has 4 aliphatic rings. The molecule has 0 spiro atoms.